The molecule has 1 heteroatoms. The zero-order valence-corrected chi connectivity index (χ0v) is 7.31. The van der Waals surface area contributed by atoms with E-state index in [1.807, 2.05) is 6.26 Å². The minimum Gasteiger partial charge on any atom is -0.504 e. The highest BCUT2D eigenvalue weighted by atomic mass is 16.5. The van der Waals surface area contributed by atoms with E-state index in [1.165, 1.54) is 24.8 Å². The summed E-state index contributed by atoms with van der Waals surface area (Å²) in [6.07, 6.45) is 6.73. The van der Waals surface area contributed by atoms with Crippen molar-refractivity contribution in [2.75, 3.05) is 7.11 Å². The van der Waals surface area contributed by atoms with E-state index < -0.39 is 0 Å². The fourth-order valence-electron chi connectivity index (χ4n) is 0.890. The van der Waals surface area contributed by atoms with Gasteiger partial charge in [-0.15, -0.1) is 0 Å². The summed E-state index contributed by atoms with van der Waals surface area (Å²) in [6, 6.07) is 0. The second-order valence-electron chi connectivity index (χ2n) is 2.47. The van der Waals surface area contributed by atoms with Gasteiger partial charge in [-0.25, -0.2) is 0 Å². The van der Waals surface area contributed by atoms with E-state index >= 15 is 0 Å². The maximum absolute atomic E-state index is 4.93. The number of allylic oxidation sites excluding steroid dienone is 1. The Morgan fingerprint density at radius 1 is 1.40 bits per heavy atom. The maximum Gasteiger partial charge on any atom is 0.0816 e. The molecule has 0 aliphatic carbocycles. The second kappa shape index (κ2) is 6.66. The number of rotatable bonds is 5. The van der Waals surface area contributed by atoms with Crippen molar-refractivity contribution in [1.82, 2.24) is 0 Å². The van der Waals surface area contributed by atoms with E-state index in [4.69, 9.17) is 4.74 Å². The summed E-state index contributed by atoms with van der Waals surface area (Å²) < 4.78 is 4.93. The van der Waals surface area contributed by atoms with Crippen LogP contribution in [0, 0.1) is 0 Å². The van der Waals surface area contributed by atoms with Crippen molar-refractivity contribution >= 4 is 0 Å². The average Bonchev–Trinajstić information content (AvgIpc) is 1.98. The highest BCUT2D eigenvalue weighted by Crippen LogP contribution is 2.10. The highest BCUT2D eigenvalue weighted by molar-refractivity contribution is 4.96. The first-order chi connectivity index (χ1) is 4.85. The molecule has 0 heterocycles. The lowest BCUT2D eigenvalue weighted by molar-refractivity contribution is 0.331. The molecule has 0 saturated carbocycles. The summed E-state index contributed by atoms with van der Waals surface area (Å²) in [7, 11) is 1.71. The normalized spacial score (nSPS) is 11.7. The van der Waals surface area contributed by atoms with Crippen molar-refractivity contribution in [2.45, 2.75) is 39.5 Å². The van der Waals surface area contributed by atoms with Gasteiger partial charge in [-0.05, 0) is 24.8 Å². The van der Waals surface area contributed by atoms with Gasteiger partial charge < -0.3 is 4.74 Å². The Morgan fingerprint density at radius 2 is 2.10 bits per heavy atom. The Bertz CT molecular complexity index is 94.9. The number of unbranched alkanes of at least 4 members (excludes halogenated alkanes) is 1. The van der Waals surface area contributed by atoms with Crippen LogP contribution in [0.2, 0.25) is 0 Å². The standard InChI is InChI=1S/C9H18O/c1-4-6-7-9(5-2)8-10-3/h8H,4-7H2,1-3H3/b9-8-. The summed E-state index contributed by atoms with van der Waals surface area (Å²) in [6.45, 7) is 4.38. The van der Waals surface area contributed by atoms with Gasteiger partial charge in [0.1, 0.15) is 0 Å². The molecule has 0 aromatic rings. The molecule has 0 amide bonds. The molecular formula is C9H18O. The van der Waals surface area contributed by atoms with Crippen LogP contribution in [0.4, 0.5) is 0 Å². The van der Waals surface area contributed by atoms with Gasteiger partial charge in [-0.1, -0.05) is 20.3 Å². The Balaban J connectivity index is 3.49. The number of ether oxygens (including phenoxy) is 1. The van der Waals surface area contributed by atoms with Gasteiger partial charge >= 0.3 is 0 Å². The van der Waals surface area contributed by atoms with Crippen LogP contribution in [0.25, 0.3) is 0 Å². The third-order valence-corrected chi connectivity index (χ3v) is 1.59. The summed E-state index contributed by atoms with van der Waals surface area (Å²) in [5.74, 6) is 0. The molecular weight excluding hydrogens is 124 g/mol. The molecule has 0 aromatic heterocycles. The maximum atomic E-state index is 4.93. The zero-order chi connectivity index (χ0) is 7.82. The molecule has 0 bridgehead atoms. The van der Waals surface area contributed by atoms with Gasteiger partial charge in [-0.3, -0.25) is 0 Å². The Hall–Kier alpha value is -0.460. The van der Waals surface area contributed by atoms with Gasteiger partial charge in [0.2, 0.25) is 0 Å². The quantitative estimate of drug-likeness (QED) is 0.536. The summed E-state index contributed by atoms with van der Waals surface area (Å²) in [5.41, 5.74) is 1.42. The van der Waals surface area contributed by atoms with Gasteiger partial charge in [0.15, 0.2) is 0 Å². The van der Waals surface area contributed by atoms with E-state index in [0.717, 1.165) is 6.42 Å². The Labute approximate surface area is 64.1 Å². The largest absolute Gasteiger partial charge is 0.504 e. The minimum absolute atomic E-state index is 1.12. The molecule has 0 aliphatic rings. The van der Waals surface area contributed by atoms with Crippen molar-refractivity contribution in [3.05, 3.63) is 11.8 Å². The molecule has 0 fully saturated rings. The predicted octanol–water partition coefficient (Wildman–Crippen LogP) is 3.12. The summed E-state index contributed by atoms with van der Waals surface area (Å²) in [4.78, 5) is 0. The molecule has 0 aliphatic heterocycles. The number of hydrogen-bond donors (Lipinski definition) is 0. The first kappa shape index (κ1) is 9.54. The van der Waals surface area contributed by atoms with E-state index in [2.05, 4.69) is 13.8 Å². The molecule has 10 heavy (non-hydrogen) atoms. The molecule has 1 nitrogen and oxygen atoms in total. The Morgan fingerprint density at radius 3 is 2.50 bits per heavy atom. The molecule has 60 valence electrons. The van der Waals surface area contributed by atoms with Crippen molar-refractivity contribution < 1.29 is 4.74 Å². The lowest BCUT2D eigenvalue weighted by Crippen LogP contribution is -1.82. The van der Waals surface area contributed by atoms with E-state index in [1.54, 1.807) is 7.11 Å². The summed E-state index contributed by atoms with van der Waals surface area (Å²) >= 11 is 0. The summed E-state index contributed by atoms with van der Waals surface area (Å²) in [5, 5.41) is 0. The van der Waals surface area contributed by atoms with E-state index in [9.17, 15) is 0 Å². The third-order valence-electron chi connectivity index (χ3n) is 1.59. The SMILES string of the molecule is CCCC/C(=C\OC)CC. The first-order valence-electron chi connectivity index (χ1n) is 4.05. The highest BCUT2D eigenvalue weighted by Gasteiger charge is 1.92. The van der Waals surface area contributed by atoms with Gasteiger partial charge in [-0.2, -0.15) is 0 Å². The smallest absolute Gasteiger partial charge is 0.0816 e. The number of methoxy groups -OCH3 is 1. The Kier molecular flexibility index (Phi) is 6.35. The average molecular weight is 142 g/mol. The molecule has 0 atom stereocenters. The molecule has 0 saturated heterocycles. The van der Waals surface area contributed by atoms with E-state index in [-0.39, 0.29) is 0 Å². The molecule has 0 rings (SSSR count). The van der Waals surface area contributed by atoms with Crippen LogP contribution < -0.4 is 0 Å². The third kappa shape index (κ3) is 4.42. The number of hydrogen-bond acceptors (Lipinski definition) is 1. The van der Waals surface area contributed by atoms with Crippen molar-refractivity contribution in [3.63, 3.8) is 0 Å². The predicted molar refractivity (Wildman–Crippen MR) is 44.9 cm³/mol. The molecule has 0 radical (unpaired) electrons. The van der Waals surface area contributed by atoms with Crippen LogP contribution in [0.5, 0.6) is 0 Å². The van der Waals surface area contributed by atoms with Crippen LogP contribution in [0.1, 0.15) is 39.5 Å². The molecule has 0 spiro atoms. The monoisotopic (exact) mass is 142 g/mol. The second-order valence-corrected chi connectivity index (χ2v) is 2.47. The van der Waals surface area contributed by atoms with Gasteiger partial charge in [0.25, 0.3) is 0 Å². The van der Waals surface area contributed by atoms with Crippen molar-refractivity contribution in [2.24, 2.45) is 0 Å². The fourth-order valence-corrected chi connectivity index (χ4v) is 0.890. The minimum atomic E-state index is 1.12. The van der Waals surface area contributed by atoms with Gasteiger partial charge in [0, 0.05) is 0 Å². The van der Waals surface area contributed by atoms with Crippen molar-refractivity contribution in [3.8, 4) is 0 Å². The van der Waals surface area contributed by atoms with Crippen LogP contribution in [-0.4, -0.2) is 7.11 Å². The topological polar surface area (TPSA) is 9.23 Å². The van der Waals surface area contributed by atoms with Crippen LogP contribution in [0.3, 0.4) is 0 Å². The molecule has 0 aromatic carbocycles. The fraction of sp³-hybridized carbons (Fsp3) is 0.778. The van der Waals surface area contributed by atoms with E-state index in [0.29, 0.717) is 0 Å². The lowest BCUT2D eigenvalue weighted by atomic mass is 10.1. The lowest BCUT2D eigenvalue weighted by Gasteiger charge is -2.01. The molecule has 0 N–H and O–H groups in total. The van der Waals surface area contributed by atoms with Crippen LogP contribution in [0.15, 0.2) is 11.8 Å². The van der Waals surface area contributed by atoms with Crippen LogP contribution >= 0.6 is 0 Å². The molecule has 0 unspecified atom stereocenters. The van der Waals surface area contributed by atoms with Crippen molar-refractivity contribution in [1.29, 1.82) is 0 Å². The van der Waals surface area contributed by atoms with Crippen LogP contribution in [-0.2, 0) is 4.74 Å². The zero-order valence-electron chi connectivity index (χ0n) is 7.31. The first-order valence-corrected chi connectivity index (χ1v) is 4.05. The van der Waals surface area contributed by atoms with Gasteiger partial charge in [0.05, 0.1) is 13.4 Å².